The van der Waals surface area contributed by atoms with Gasteiger partial charge in [0.25, 0.3) is 0 Å². The van der Waals surface area contributed by atoms with Crippen LogP contribution in [-0.2, 0) is 14.3 Å². The third-order valence-corrected chi connectivity index (χ3v) is 3.03. The Labute approximate surface area is 127 Å². The van der Waals surface area contributed by atoms with Crippen LogP contribution in [0.25, 0.3) is 0 Å². The maximum atomic E-state index is 11.5. The topological polar surface area (TPSA) is 134 Å². The number of hydrogen-bond acceptors (Lipinski definition) is 6. The number of alkyl carbamates (subject to hydrolysis) is 2. The molecular weight excluding hydrogens is 296 g/mol. The van der Waals surface area contributed by atoms with Crippen LogP contribution < -0.4 is 10.6 Å². The maximum Gasteiger partial charge on any atom is 0.407 e. The first-order valence-corrected chi connectivity index (χ1v) is 6.87. The molecule has 1 rings (SSSR count). The summed E-state index contributed by atoms with van der Waals surface area (Å²) >= 11 is 0. The number of rotatable bonds is 5. The van der Waals surface area contributed by atoms with E-state index < -0.39 is 36.3 Å². The lowest BCUT2D eigenvalue weighted by Crippen LogP contribution is -2.59. The lowest BCUT2D eigenvalue weighted by Gasteiger charge is -2.34. The van der Waals surface area contributed by atoms with Gasteiger partial charge in [-0.2, -0.15) is 0 Å². The van der Waals surface area contributed by atoms with Crippen molar-refractivity contribution < 1.29 is 34.1 Å². The molecule has 0 heterocycles. The van der Waals surface area contributed by atoms with Crippen molar-refractivity contribution in [2.75, 3.05) is 13.2 Å². The molecule has 0 aromatic carbocycles. The predicted molar refractivity (Wildman–Crippen MR) is 74.2 cm³/mol. The molecule has 124 valence electrons. The van der Waals surface area contributed by atoms with Crippen LogP contribution in [0.1, 0.15) is 20.3 Å². The van der Waals surface area contributed by atoms with Crippen molar-refractivity contribution in [1.29, 1.82) is 0 Å². The number of carboxylic acid groups (broad SMARTS) is 1. The van der Waals surface area contributed by atoms with Crippen molar-refractivity contribution in [2.24, 2.45) is 0 Å². The molecule has 1 aliphatic carbocycles. The molecule has 0 saturated heterocycles. The van der Waals surface area contributed by atoms with E-state index in [4.69, 9.17) is 14.6 Å². The summed E-state index contributed by atoms with van der Waals surface area (Å²) in [5, 5.41) is 23.9. The summed E-state index contributed by atoms with van der Waals surface area (Å²) in [5.41, 5.74) is -0.0591. The number of amides is 2. The van der Waals surface area contributed by atoms with E-state index in [1.807, 2.05) is 0 Å². The van der Waals surface area contributed by atoms with Gasteiger partial charge in [-0.3, -0.25) is 0 Å². The highest BCUT2D eigenvalue weighted by Gasteiger charge is 2.36. The fourth-order valence-electron chi connectivity index (χ4n) is 2.10. The molecule has 0 radical (unpaired) electrons. The molecule has 0 aliphatic heterocycles. The van der Waals surface area contributed by atoms with Gasteiger partial charge < -0.3 is 30.3 Å². The van der Waals surface area contributed by atoms with E-state index in [1.54, 1.807) is 13.8 Å². The number of aliphatic hydroxyl groups is 1. The summed E-state index contributed by atoms with van der Waals surface area (Å²) in [6.45, 7) is 3.51. The average Bonchev–Trinajstić information content (AvgIpc) is 2.42. The minimum atomic E-state index is -1.28. The largest absolute Gasteiger partial charge is 0.478 e. The Morgan fingerprint density at radius 1 is 1.18 bits per heavy atom. The second-order valence-electron chi connectivity index (χ2n) is 4.55. The van der Waals surface area contributed by atoms with Crippen molar-refractivity contribution in [3.05, 3.63) is 11.6 Å². The highest BCUT2D eigenvalue weighted by Crippen LogP contribution is 2.20. The molecule has 4 N–H and O–H groups in total. The zero-order chi connectivity index (χ0) is 16.7. The highest BCUT2D eigenvalue weighted by molar-refractivity contribution is 5.87. The molecule has 0 saturated carbocycles. The standard InChI is InChI=1S/C13H20N2O7/c1-3-21-12(19)14-8-5-7(11(17)18)6-9(16)10(8)15-13(20)22-4-2/h6,8-10,16H,3-5H2,1-2H3,(H,14,19)(H,15,20)(H,17,18)/t8-,9+,10+/m0/s1. The second kappa shape index (κ2) is 8.23. The summed E-state index contributed by atoms with van der Waals surface area (Å²) in [6.07, 6.45) is -1.75. The summed E-state index contributed by atoms with van der Waals surface area (Å²) < 4.78 is 9.46. The van der Waals surface area contributed by atoms with Gasteiger partial charge in [-0.15, -0.1) is 0 Å². The molecule has 3 atom stereocenters. The zero-order valence-electron chi connectivity index (χ0n) is 12.4. The van der Waals surface area contributed by atoms with E-state index in [0.717, 1.165) is 6.08 Å². The monoisotopic (exact) mass is 316 g/mol. The van der Waals surface area contributed by atoms with Crippen molar-refractivity contribution in [2.45, 2.75) is 38.5 Å². The minimum absolute atomic E-state index is 0.0591. The number of hydrogen-bond donors (Lipinski definition) is 4. The van der Waals surface area contributed by atoms with Crippen molar-refractivity contribution >= 4 is 18.2 Å². The molecule has 0 unspecified atom stereocenters. The van der Waals surface area contributed by atoms with Crippen LogP contribution in [0.5, 0.6) is 0 Å². The molecule has 0 aromatic rings. The fourth-order valence-corrected chi connectivity index (χ4v) is 2.10. The van der Waals surface area contributed by atoms with Gasteiger partial charge >= 0.3 is 18.2 Å². The number of aliphatic hydroxyl groups excluding tert-OH is 1. The Hall–Kier alpha value is -2.29. The molecule has 0 bridgehead atoms. The Morgan fingerprint density at radius 2 is 1.73 bits per heavy atom. The number of aliphatic carboxylic acids is 1. The Kier molecular flexibility index (Phi) is 6.64. The van der Waals surface area contributed by atoms with E-state index in [2.05, 4.69) is 10.6 Å². The van der Waals surface area contributed by atoms with Crippen LogP contribution >= 0.6 is 0 Å². The third-order valence-electron chi connectivity index (χ3n) is 3.03. The van der Waals surface area contributed by atoms with Crippen LogP contribution in [0.15, 0.2) is 11.6 Å². The van der Waals surface area contributed by atoms with Crippen LogP contribution in [0.2, 0.25) is 0 Å². The van der Waals surface area contributed by atoms with Gasteiger partial charge in [-0.25, -0.2) is 14.4 Å². The third kappa shape index (κ3) is 4.92. The number of carbonyl (C=O) groups is 3. The molecular formula is C13H20N2O7. The maximum absolute atomic E-state index is 11.5. The smallest absolute Gasteiger partial charge is 0.407 e. The first-order chi connectivity index (χ1) is 10.4. The van der Waals surface area contributed by atoms with Crippen LogP contribution in [0.4, 0.5) is 9.59 Å². The van der Waals surface area contributed by atoms with Gasteiger partial charge in [0.05, 0.1) is 31.4 Å². The summed E-state index contributed by atoms with van der Waals surface area (Å²) in [7, 11) is 0. The van der Waals surface area contributed by atoms with Gasteiger partial charge in [0, 0.05) is 12.0 Å². The molecule has 1 aliphatic rings. The molecule has 9 nitrogen and oxygen atoms in total. The SMILES string of the molecule is CCOC(=O)N[C@H]1[C@H](O)C=C(C(=O)O)C[C@@H]1NC(=O)OCC. The Balaban J connectivity index is 2.88. The molecule has 0 fully saturated rings. The highest BCUT2D eigenvalue weighted by atomic mass is 16.6. The quantitative estimate of drug-likeness (QED) is 0.560. The average molecular weight is 316 g/mol. The normalized spacial score (nSPS) is 24.0. The van der Waals surface area contributed by atoms with Crippen molar-refractivity contribution in [1.82, 2.24) is 10.6 Å². The number of ether oxygens (including phenoxy) is 2. The Bertz CT molecular complexity index is 463. The van der Waals surface area contributed by atoms with Gasteiger partial charge in [0.15, 0.2) is 0 Å². The number of carboxylic acids is 1. The lowest BCUT2D eigenvalue weighted by molar-refractivity contribution is -0.133. The van der Waals surface area contributed by atoms with E-state index in [-0.39, 0.29) is 25.2 Å². The van der Waals surface area contributed by atoms with Crippen molar-refractivity contribution in [3.63, 3.8) is 0 Å². The second-order valence-corrected chi connectivity index (χ2v) is 4.55. The Morgan fingerprint density at radius 3 is 2.23 bits per heavy atom. The summed E-state index contributed by atoms with van der Waals surface area (Å²) in [6, 6.07) is -1.76. The number of carbonyl (C=O) groups excluding carboxylic acids is 2. The van der Waals surface area contributed by atoms with E-state index >= 15 is 0 Å². The molecule has 2 amide bonds. The minimum Gasteiger partial charge on any atom is -0.478 e. The van der Waals surface area contributed by atoms with Gasteiger partial charge in [-0.1, -0.05) is 0 Å². The van der Waals surface area contributed by atoms with Gasteiger partial charge in [-0.05, 0) is 19.9 Å². The molecule has 22 heavy (non-hydrogen) atoms. The van der Waals surface area contributed by atoms with Crippen molar-refractivity contribution in [3.8, 4) is 0 Å². The predicted octanol–water partition coefficient (Wildman–Crippen LogP) is -0.00860. The first-order valence-electron chi connectivity index (χ1n) is 6.87. The van der Waals surface area contributed by atoms with Crippen LogP contribution in [0, 0.1) is 0 Å². The van der Waals surface area contributed by atoms with Crippen LogP contribution in [0.3, 0.4) is 0 Å². The first kappa shape index (κ1) is 17.8. The van der Waals surface area contributed by atoms with E-state index in [1.165, 1.54) is 0 Å². The van der Waals surface area contributed by atoms with Gasteiger partial charge in [0.1, 0.15) is 0 Å². The molecule has 0 aromatic heterocycles. The summed E-state index contributed by atoms with van der Waals surface area (Å²) in [5.74, 6) is -1.20. The summed E-state index contributed by atoms with van der Waals surface area (Å²) in [4.78, 5) is 34.1. The molecule has 9 heteroatoms. The van der Waals surface area contributed by atoms with E-state index in [9.17, 15) is 19.5 Å². The number of nitrogens with one attached hydrogen (secondary N) is 2. The molecule has 0 spiro atoms. The lowest BCUT2D eigenvalue weighted by atomic mass is 9.88. The fraction of sp³-hybridized carbons (Fsp3) is 0.615. The van der Waals surface area contributed by atoms with E-state index in [0.29, 0.717) is 0 Å². The zero-order valence-corrected chi connectivity index (χ0v) is 12.4. The van der Waals surface area contributed by atoms with Crippen LogP contribution in [-0.4, -0.2) is 59.8 Å². The van der Waals surface area contributed by atoms with Gasteiger partial charge in [0.2, 0.25) is 0 Å².